The number of amides is 2. The Hall–Kier alpha value is -3.23. The first-order valence-corrected chi connectivity index (χ1v) is 9.21. The lowest BCUT2D eigenvalue weighted by molar-refractivity contribution is -0.275. The van der Waals surface area contributed by atoms with Gasteiger partial charge in [0.25, 0.3) is 0 Å². The number of carbonyl (C=O) groups is 2. The van der Waals surface area contributed by atoms with Gasteiger partial charge in [-0.05, 0) is 18.2 Å². The number of ether oxygens (including phenoxy) is 2. The smallest absolute Gasteiger partial charge is 0.497 e. The van der Waals surface area contributed by atoms with Crippen molar-refractivity contribution in [3.63, 3.8) is 0 Å². The number of alkyl halides is 3. The third-order valence-electron chi connectivity index (χ3n) is 4.82. The molecule has 0 saturated carbocycles. The maximum atomic E-state index is 12.9. The maximum Gasteiger partial charge on any atom is 0.573 e. The molecule has 3 rings (SSSR count). The molecule has 2 aromatic carbocycles. The maximum absolute atomic E-state index is 12.9. The summed E-state index contributed by atoms with van der Waals surface area (Å²) in [4.78, 5) is 28.1. The Morgan fingerprint density at radius 3 is 2.63 bits per heavy atom. The van der Waals surface area contributed by atoms with Gasteiger partial charge in [-0.1, -0.05) is 24.3 Å². The van der Waals surface area contributed by atoms with E-state index >= 15 is 0 Å². The molecule has 1 unspecified atom stereocenters. The summed E-state index contributed by atoms with van der Waals surface area (Å²) in [5.74, 6) is -0.880. The number of hydrogen-bond donors (Lipinski definition) is 0. The number of methoxy groups -OCH3 is 1. The zero-order valence-corrected chi connectivity index (χ0v) is 16.5. The van der Waals surface area contributed by atoms with Crippen LogP contribution in [0.5, 0.6) is 11.5 Å². The van der Waals surface area contributed by atoms with E-state index in [-0.39, 0.29) is 42.6 Å². The van der Waals surface area contributed by atoms with Gasteiger partial charge in [-0.3, -0.25) is 9.59 Å². The van der Waals surface area contributed by atoms with E-state index in [1.807, 2.05) is 0 Å². The Kier molecular flexibility index (Phi) is 6.19. The summed E-state index contributed by atoms with van der Waals surface area (Å²) >= 11 is 0. The van der Waals surface area contributed by atoms with Gasteiger partial charge in [0.05, 0.1) is 13.0 Å². The Balaban J connectivity index is 1.69. The SMILES string of the molecule is COc1cccc(N2CC(C(=O)N(C)Cc3ccccc3OC(F)(F)F)CC2=O)c1. The van der Waals surface area contributed by atoms with E-state index in [9.17, 15) is 22.8 Å². The molecule has 0 spiro atoms. The van der Waals surface area contributed by atoms with Gasteiger partial charge in [-0.2, -0.15) is 0 Å². The van der Waals surface area contributed by atoms with Crippen LogP contribution in [-0.4, -0.2) is 43.8 Å². The number of para-hydroxylation sites is 1. The van der Waals surface area contributed by atoms with Crippen molar-refractivity contribution in [3.8, 4) is 11.5 Å². The van der Waals surface area contributed by atoms with E-state index in [2.05, 4.69) is 4.74 Å². The minimum atomic E-state index is -4.83. The quantitative estimate of drug-likeness (QED) is 0.714. The number of halogens is 3. The fraction of sp³-hybridized carbons (Fsp3) is 0.333. The van der Waals surface area contributed by atoms with Crippen LogP contribution >= 0.6 is 0 Å². The highest BCUT2D eigenvalue weighted by atomic mass is 19.4. The van der Waals surface area contributed by atoms with Crippen molar-refractivity contribution < 1.29 is 32.2 Å². The average Bonchev–Trinajstić information content (AvgIpc) is 3.09. The van der Waals surface area contributed by atoms with E-state index in [4.69, 9.17) is 4.74 Å². The summed E-state index contributed by atoms with van der Waals surface area (Å²) < 4.78 is 47.0. The fourth-order valence-electron chi connectivity index (χ4n) is 3.40. The molecule has 2 amide bonds. The monoisotopic (exact) mass is 422 g/mol. The second-order valence-corrected chi connectivity index (χ2v) is 6.96. The van der Waals surface area contributed by atoms with Crippen LogP contribution in [0.4, 0.5) is 18.9 Å². The van der Waals surface area contributed by atoms with E-state index in [1.165, 1.54) is 42.2 Å². The molecule has 0 radical (unpaired) electrons. The number of carbonyl (C=O) groups excluding carboxylic acids is 2. The summed E-state index contributed by atoms with van der Waals surface area (Å²) in [6, 6.07) is 12.6. The molecule has 1 atom stereocenters. The van der Waals surface area contributed by atoms with Crippen LogP contribution in [0.1, 0.15) is 12.0 Å². The first-order chi connectivity index (χ1) is 14.2. The van der Waals surface area contributed by atoms with Crippen molar-refractivity contribution >= 4 is 17.5 Å². The Morgan fingerprint density at radius 1 is 1.20 bits per heavy atom. The molecule has 2 aromatic rings. The zero-order valence-electron chi connectivity index (χ0n) is 16.5. The summed E-state index contributed by atoms with van der Waals surface area (Å²) in [7, 11) is 3.01. The Morgan fingerprint density at radius 2 is 1.93 bits per heavy atom. The number of anilines is 1. The van der Waals surface area contributed by atoms with E-state index in [0.29, 0.717) is 11.4 Å². The molecule has 0 bridgehead atoms. The molecule has 1 aliphatic heterocycles. The molecular formula is C21H21F3N2O4. The molecule has 0 aliphatic carbocycles. The third kappa shape index (κ3) is 5.03. The molecule has 1 aliphatic rings. The topological polar surface area (TPSA) is 59.1 Å². The second kappa shape index (κ2) is 8.64. The van der Waals surface area contributed by atoms with Crippen molar-refractivity contribution in [3.05, 3.63) is 54.1 Å². The van der Waals surface area contributed by atoms with E-state index in [0.717, 1.165) is 0 Å². The van der Waals surface area contributed by atoms with Crippen LogP contribution in [0.3, 0.4) is 0 Å². The van der Waals surface area contributed by atoms with Crippen molar-refractivity contribution in [2.24, 2.45) is 5.92 Å². The summed E-state index contributed by atoms with van der Waals surface area (Å²) in [5, 5.41) is 0. The molecule has 1 saturated heterocycles. The first-order valence-electron chi connectivity index (χ1n) is 9.21. The predicted molar refractivity (Wildman–Crippen MR) is 103 cm³/mol. The molecule has 9 heteroatoms. The van der Waals surface area contributed by atoms with Gasteiger partial charge in [0, 0.05) is 43.9 Å². The number of nitrogens with zero attached hydrogens (tertiary/aromatic N) is 2. The Bertz CT molecular complexity index is 932. The normalized spacial score (nSPS) is 16.5. The fourth-order valence-corrected chi connectivity index (χ4v) is 3.40. The van der Waals surface area contributed by atoms with Gasteiger partial charge in [0.2, 0.25) is 11.8 Å². The number of rotatable bonds is 6. The van der Waals surface area contributed by atoms with Crippen LogP contribution in [0.25, 0.3) is 0 Å². The third-order valence-corrected chi connectivity index (χ3v) is 4.82. The molecule has 1 fully saturated rings. The standard InChI is InChI=1S/C21H21F3N2O4/c1-25(12-14-6-3-4-9-18(14)30-21(22,23)24)20(28)15-10-19(27)26(13-15)16-7-5-8-17(11-16)29-2/h3-9,11,15H,10,12-13H2,1-2H3. The molecule has 30 heavy (non-hydrogen) atoms. The van der Waals surface area contributed by atoms with Crippen molar-refractivity contribution in [1.82, 2.24) is 4.90 Å². The van der Waals surface area contributed by atoms with Gasteiger partial charge in [-0.15, -0.1) is 13.2 Å². The summed E-state index contributed by atoms with van der Waals surface area (Å²) in [5.41, 5.74) is 0.848. The van der Waals surface area contributed by atoms with Crippen LogP contribution in [0.15, 0.2) is 48.5 Å². The highest BCUT2D eigenvalue weighted by Crippen LogP contribution is 2.30. The Labute approximate surface area is 171 Å². The summed E-state index contributed by atoms with van der Waals surface area (Å²) in [6.45, 7) is 0.116. The van der Waals surface area contributed by atoms with Crippen LogP contribution in [0.2, 0.25) is 0 Å². The largest absolute Gasteiger partial charge is 0.573 e. The highest BCUT2D eigenvalue weighted by molar-refractivity contribution is 6.00. The van der Waals surface area contributed by atoms with Crippen molar-refractivity contribution in [2.75, 3.05) is 25.6 Å². The van der Waals surface area contributed by atoms with Gasteiger partial charge < -0.3 is 19.3 Å². The van der Waals surface area contributed by atoms with Gasteiger partial charge in [0.1, 0.15) is 11.5 Å². The second-order valence-electron chi connectivity index (χ2n) is 6.96. The van der Waals surface area contributed by atoms with E-state index < -0.39 is 12.3 Å². The molecular weight excluding hydrogens is 401 g/mol. The predicted octanol–water partition coefficient (Wildman–Crippen LogP) is 3.61. The van der Waals surface area contributed by atoms with Crippen molar-refractivity contribution in [1.29, 1.82) is 0 Å². The highest BCUT2D eigenvalue weighted by Gasteiger charge is 2.37. The lowest BCUT2D eigenvalue weighted by Crippen LogP contribution is -2.34. The summed E-state index contributed by atoms with van der Waals surface area (Å²) in [6.07, 6.45) is -4.80. The lowest BCUT2D eigenvalue weighted by atomic mass is 10.1. The van der Waals surface area contributed by atoms with Gasteiger partial charge in [-0.25, -0.2) is 0 Å². The minimum Gasteiger partial charge on any atom is -0.497 e. The molecule has 160 valence electrons. The van der Waals surface area contributed by atoms with Crippen LogP contribution < -0.4 is 14.4 Å². The van der Waals surface area contributed by atoms with Gasteiger partial charge >= 0.3 is 6.36 Å². The molecule has 0 N–H and O–H groups in total. The zero-order chi connectivity index (χ0) is 21.9. The molecule has 6 nitrogen and oxygen atoms in total. The molecule has 0 aromatic heterocycles. The first kappa shape index (κ1) is 21.5. The number of benzene rings is 2. The van der Waals surface area contributed by atoms with Crippen molar-refractivity contribution in [2.45, 2.75) is 19.3 Å². The van der Waals surface area contributed by atoms with Gasteiger partial charge in [0.15, 0.2) is 0 Å². The average molecular weight is 422 g/mol. The lowest BCUT2D eigenvalue weighted by Gasteiger charge is -2.23. The van der Waals surface area contributed by atoms with Crippen LogP contribution in [0, 0.1) is 5.92 Å². The van der Waals surface area contributed by atoms with E-state index in [1.54, 1.807) is 30.3 Å². The number of hydrogen-bond acceptors (Lipinski definition) is 4. The van der Waals surface area contributed by atoms with Crippen LogP contribution in [-0.2, 0) is 16.1 Å². The minimum absolute atomic E-state index is 0.0289. The molecule has 1 heterocycles.